The first kappa shape index (κ1) is 13.2. The van der Waals surface area contributed by atoms with Crippen LogP contribution >= 0.6 is 0 Å². The Hall–Kier alpha value is -2.24. The molecule has 0 aliphatic rings. The third-order valence-electron chi connectivity index (χ3n) is 2.63. The maximum absolute atomic E-state index is 9.99. The molecule has 0 saturated heterocycles. The van der Waals surface area contributed by atoms with E-state index < -0.39 is 6.10 Å². The molecule has 2 heteroatoms. The summed E-state index contributed by atoms with van der Waals surface area (Å²) >= 11 is 0. The average Bonchev–Trinajstić information content (AvgIpc) is 2.47. The Balaban J connectivity index is 2.08. The molecule has 0 bridgehead atoms. The first-order valence-electron chi connectivity index (χ1n) is 6.27. The predicted molar refractivity (Wildman–Crippen MR) is 75.9 cm³/mol. The van der Waals surface area contributed by atoms with Gasteiger partial charge in [-0.25, -0.2) is 0 Å². The highest BCUT2D eigenvalue weighted by Crippen LogP contribution is 2.17. The highest BCUT2D eigenvalue weighted by Gasteiger charge is 2.03. The Labute approximate surface area is 113 Å². The van der Waals surface area contributed by atoms with E-state index in [4.69, 9.17) is 4.74 Å². The van der Waals surface area contributed by atoms with E-state index in [1.54, 1.807) is 0 Å². The molecule has 19 heavy (non-hydrogen) atoms. The van der Waals surface area contributed by atoms with Gasteiger partial charge in [-0.15, -0.1) is 0 Å². The standard InChI is InChI=1S/C17H16O2/c1-2-19-16-11-9-15(10-12-16)17(18)13-8-14-6-4-3-5-7-14/h3-7,9-12,17-18H,2H2,1H3/t17-/m0/s1. The zero-order valence-corrected chi connectivity index (χ0v) is 10.8. The largest absolute Gasteiger partial charge is 0.494 e. The minimum absolute atomic E-state index is 0.635. The van der Waals surface area contributed by atoms with Gasteiger partial charge in [-0.1, -0.05) is 42.2 Å². The molecule has 2 nitrogen and oxygen atoms in total. The van der Waals surface area contributed by atoms with Crippen LogP contribution in [0.4, 0.5) is 0 Å². The lowest BCUT2D eigenvalue weighted by Crippen LogP contribution is -1.95. The first-order chi connectivity index (χ1) is 9.29. The summed E-state index contributed by atoms with van der Waals surface area (Å²) in [5.74, 6) is 6.58. The van der Waals surface area contributed by atoms with E-state index in [-0.39, 0.29) is 0 Å². The van der Waals surface area contributed by atoms with Crippen molar-refractivity contribution in [1.29, 1.82) is 0 Å². The summed E-state index contributed by atoms with van der Waals surface area (Å²) in [6, 6.07) is 17.0. The Morgan fingerprint density at radius 2 is 1.74 bits per heavy atom. The Morgan fingerprint density at radius 1 is 1.05 bits per heavy atom. The molecule has 0 aromatic heterocycles. The van der Waals surface area contributed by atoms with Crippen LogP contribution in [-0.4, -0.2) is 11.7 Å². The summed E-state index contributed by atoms with van der Waals surface area (Å²) in [5.41, 5.74) is 1.67. The van der Waals surface area contributed by atoms with Gasteiger partial charge >= 0.3 is 0 Å². The highest BCUT2D eigenvalue weighted by molar-refractivity contribution is 5.37. The van der Waals surface area contributed by atoms with Gasteiger partial charge in [-0.05, 0) is 36.8 Å². The van der Waals surface area contributed by atoms with Crippen LogP contribution in [0.5, 0.6) is 5.75 Å². The van der Waals surface area contributed by atoms with Gasteiger partial charge in [0.15, 0.2) is 0 Å². The molecule has 0 fully saturated rings. The zero-order chi connectivity index (χ0) is 13.5. The summed E-state index contributed by atoms with van der Waals surface area (Å²) in [7, 11) is 0. The summed E-state index contributed by atoms with van der Waals surface area (Å²) in [6.07, 6.45) is -0.782. The second-order valence-electron chi connectivity index (χ2n) is 4.04. The molecule has 2 rings (SSSR count). The highest BCUT2D eigenvalue weighted by atomic mass is 16.5. The molecule has 0 saturated carbocycles. The normalized spacial score (nSPS) is 11.3. The van der Waals surface area contributed by atoms with Crippen molar-refractivity contribution in [2.75, 3.05) is 6.61 Å². The topological polar surface area (TPSA) is 29.5 Å². The lowest BCUT2D eigenvalue weighted by Gasteiger charge is -2.06. The van der Waals surface area contributed by atoms with Gasteiger partial charge in [0.05, 0.1) is 6.61 Å². The molecule has 96 valence electrons. The third-order valence-corrected chi connectivity index (χ3v) is 2.63. The third kappa shape index (κ3) is 3.87. The Kier molecular flexibility index (Phi) is 4.60. The molecule has 0 amide bonds. The predicted octanol–water partition coefficient (Wildman–Crippen LogP) is 3.17. The van der Waals surface area contributed by atoms with Crippen molar-refractivity contribution in [2.24, 2.45) is 0 Å². The number of aliphatic hydroxyl groups is 1. The summed E-state index contributed by atoms with van der Waals surface area (Å²) in [4.78, 5) is 0. The van der Waals surface area contributed by atoms with E-state index in [2.05, 4.69) is 11.8 Å². The van der Waals surface area contributed by atoms with Crippen LogP contribution in [0, 0.1) is 11.8 Å². The molecule has 0 aliphatic heterocycles. The molecule has 0 spiro atoms. The lowest BCUT2D eigenvalue weighted by molar-refractivity contribution is 0.238. The maximum atomic E-state index is 9.99. The van der Waals surface area contributed by atoms with Crippen LogP contribution < -0.4 is 4.74 Å². The van der Waals surface area contributed by atoms with Crippen LogP contribution in [0.15, 0.2) is 54.6 Å². The minimum Gasteiger partial charge on any atom is -0.494 e. The van der Waals surface area contributed by atoms with Gasteiger partial charge in [-0.2, -0.15) is 0 Å². The Bertz CT molecular complexity index is 562. The van der Waals surface area contributed by atoms with Gasteiger partial charge in [0.1, 0.15) is 11.9 Å². The molecule has 2 aromatic rings. The van der Waals surface area contributed by atoms with Crippen molar-refractivity contribution in [3.05, 3.63) is 65.7 Å². The number of hydrogen-bond donors (Lipinski definition) is 1. The summed E-state index contributed by atoms with van der Waals surface area (Å²) < 4.78 is 5.35. The van der Waals surface area contributed by atoms with Crippen LogP contribution in [0.3, 0.4) is 0 Å². The van der Waals surface area contributed by atoms with Crippen molar-refractivity contribution in [3.63, 3.8) is 0 Å². The van der Waals surface area contributed by atoms with Gasteiger partial charge < -0.3 is 9.84 Å². The number of benzene rings is 2. The van der Waals surface area contributed by atoms with E-state index in [1.807, 2.05) is 61.5 Å². The van der Waals surface area contributed by atoms with E-state index in [1.165, 1.54) is 0 Å². The summed E-state index contributed by atoms with van der Waals surface area (Å²) in [6.45, 7) is 2.57. The molecule has 1 atom stereocenters. The number of aliphatic hydroxyl groups excluding tert-OH is 1. The molecule has 0 aliphatic carbocycles. The van der Waals surface area contributed by atoms with Crippen molar-refractivity contribution in [1.82, 2.24) is 0 Å². The first-order valence-corrected chi connectivity index (χ1v) is 6.27. The smallest absolute Gasteiger partial charge is 0.140 e. The fourth-order valence-electron chi connectivity index (χ4n) is 1.67. The van der Waals surface area contributed by atoms with Crippen LogP contribution in [0.25, 0.3) is 0 Å². The molecule has 0 radical (unpaired) electrons. The van der Waals surface area contributed by atoms with E-state index in [0.717, 1.165) is 16.9 Å². The maximum Gasteiger partial charge on any atom is 0.140 e. The van der Waals surface area contributed by atoms with Crippen LogP contribution in [0.1, 0.15) is 24.2 Å². The fraction of sp³-hybridized carbons (Fsp3) is 0.176. The monoisotopic (exact) mass is 252 g/mol. The van der Waals surface area contributed by atoms with E-state index >= 15 is 0 Å². The molecular formula is C17H16O2. The second-order valence-corrected chi connectivity index (χ2v) is 4.04. The van der Waals surface area contributed by atoms with Crippen molar-refractivity contribution >= 4 is 0 Å². The number of rotatable bonds is 3. The fourth-order valence-corrected chi connectivity index (χ4v) is 1.67. The molecular weight excluding hydrogens is 236 g/mol. The molecule has 2 aromatic carbocycles. The van der Waals surface area contributed by atoms with Crippen molar-refractivity contribution in [3.8, 4) is 17.6 Å². The lowest BCUT2D eigenvalue weighted by atomic mass is 10.1. The quantitative estimate of drug-likeness (QED) is 0.850. The van der Waals surface area contributed by atoms with Crippen LogP contribution in [-0.2, 0) is 0 Å². The second kappa shape index (κ2) is 6.63. The van der Waals surface area contributed by atoms with Crippen molar-refractivity contribution < 1.29 is 9.84 Å². The van der Waals surface area contributed by atoms with Gasteiger partial charge in [0.25, 0.3) is 0 Å². The molecule has 1 N–H and O–H groups in total. The Morgan fingerprint density at radius 3 is 2.37 bits per heavy atom. The number of hydrogen-bond acceptors (Lipinski definition) is 2. The van der Waals surface area contributed by atoms with Gasteiger partial charge in [0.2, 0.25) is 0 Å². The minimum atomic E-state index is -0.782. The van der Waals surface area contributed by atoms with Crippen LogP contribution in [0.2, 0.25) is 0 Å². The van der Waals surface area contributed by atoms with Gasteiger partial charge in [-0.3, -0.25) is 0 Å². The molecule has 0 unspecified atom stereocenters. The number of ether oxygens (including phenoxy) is 1. The molecule has 0 heterocycles. The average molecular weight is 252 g/mol. The van der Waals surface area contributed by atoms with E-state index in [0.29, 0.717) is 6.61 Å². The van der Waals surface area contributed by atoms with Crippen molar-refractivity contribution in [2.45, 2.75) is 13.0 Å². The zero-order valence-electron chi connectivity index (χ0n) is 10.8. The van der Waals surface area contributed by atoms with E-state index in [9.17, 15) is 5.11 Å². The van der Waals surface area contributed by atoms with Gasteiger partial charge in [0, 0.05) is 5.56 Å². The summed E-state index contributed by atoms with van der Waals surface area (Å²) in [5, 5.41) is 9.99. The SMILES string of the molecule is CCOc1ccc([C@@H](O)C#Cc2ccccc2)cc1.